The predicted molar refractivity (Wildman–Crippen MR) is 96.5 cm³/mol. The fourth-order valence-corrected chi connectivity index (χ4v) is 2.74. The van der Waals surface area contributed by atoms with E-state index >= 15 is 0 Å². The minimum Gasteiger partial charge on any atom is -0.490 e. The highest BCUT2D eigenvalue weighted by Crippen LogP contribution is 2.24. The number of halogens is 1. The molecule has 1 N–H and O–H groups in total. The van der Waals surface area contributed by atoms with Gasteiger partial charge in [-0.2, -0.15) is 5.10 Å². The first-order valence-electron chi connectivity index (χ1n) is 7.95. The molecule has 0 radical (unpaired) electrons. The molecule has 7 heteroatoms. The zero-order valence-electron chi connectivity index (χ0n) is 14.3. The number of hydrogen-bond donors (Lipinski definition) is 1. The summed E-state index contributed by atoms with van der Waals surface area (Å²) in [5, 5.41) is 7.59. The zero-order chi connectivity index (χ0) is 18.0. The molecule has 25 heavy (non-hydrogen) atoms. The number of fused-ring (bicyclic) bond motifs is 1. The average Bonchev–Trinajstić information content (AvgIpc) is 2.98. The topological polar surface area (TPSA) is 68.5 Å². The van der Waals surface area contributed by atoms with Crippen molar-refractivity contribution in [1.82, 2.24) is 19.9 Å². The average molecular weight is 359 g/mol. The lowest BCUT2D eigenvalue weighted by atomic mass is 10.2. The van der Waals surface area contributed by atoms with E-state index in [4.69, 9.17) is 16.3 Å². The van der Waals surface area contributed by atoms with Gasteiger partial charge in [0.15, 0.2) is 5.65 Å². The standard InChI is InChI=1S/C18H19ClN4O2/c1-11-4-5-15(19)16(8-11)25-7-6-20-18(24)14-10-21-23-13(3)9-12(2)22-17(14)23/h4-5,8-10H,6-7H2,1-3H3,(H,20,24). The van der Waals surface area contributed by atoms with Crippen LogP contribution in [-0.4, -0.2) is 33.7 Å². The molecule has 0 aliphatic carbocycles. The molecule has 0 unspecified atom stereocenters. The van der Waals surface area contributed by atoms with Gasteiger partial charge in [0, 0.05) is 11.4 Å². The SMILES string of the molecule is Cc1ccc(Cl)c(OCCNC(=O)c2cnn3c(C)cc(C)nc23)c1. The number of benzene rings is 1. The number of nitrogens with one attached hydrogen (secondary N) is 1. The maximum atomic E-state index is 12.4. The lowest BCUT2D eigenvalue weighted by molar-refractivity contribution is 0.0948. The van der Waals surface area contributed by atoms with Gasteiger partial charge in [-0.3, -0.25) is 4.79 Å². The number of ether oxygens (including phenoxy) is 1. The van der Waals surface area contributed by atoms with Gasteiger partial charge in [-0.05, 0) is 44.5 Å². The van der Waals surface area contributed by atoms with Crippen molar-refractivity contribution in [3.8, 4) is 5.75 Å². The molecule has 6 nitrogen and oxygen atoms in total. The van der Waals surface area contributed by atoms with Crippen LogP contribution in [0.25, 0.3) is 5.65 Å². The van der Waals surface area contributed by atoms with Crippen LogP contribution in [0.1, 0.15) is 27.3 Å². The number of aryl methyl sites for hydroxylation is 3. The van der Waals surface area contributed by atoms with Gasteiger partial charge in [0.1, 0.15) is 17.9 Å². The van der Waals surface area contributed by atoms with Crippen LogP contribution in [0.15, 0.2) is 30.5 Å². The predicted octanol–water partition coefficient (Wildman–Crippen LogP) is 3.12. The van der Waals surface area contributed by atoms with Gasteiger partial charge < -0.3 is 10.1 Å². The number of carbonyl (C=O) groups excluding carboxylic acids is 1. The Kier molecular flexibility index (Phi) is 4.90. The summed E-state index contributed by atoms with van der Waals surface area (Å²) in [4.78, 5) is 16.8. The largest absolute Gasteiger partial charge is 0.490 e. The Bertz CT molecular complexity index is 936. The Labute approximate surface area is 150 Å². The highest BCUT2D eigenvalue weighted by atomic mass is 35.5. The first-order valence-corrected chi connectivity index (χ1v) is 8.32. The van der Waals surface area contributed by atoms with Crippen LogP contribution in [0.2, 0.25) is 5.02 Å². The molecule has 1 amide bonds. The van der Waals surface area contributed by atoms with Crippen molar-refractivity contribution in [1.29, 1.82) is 0 Å². The summed E-state index contributed by atoms with van der Waals surface area (Å²) >= 11 is 6.08. The Hall–Kier alpha value is -2.60. The van der Waals surface area contributed by atoms with E-state index in [0.717, 1.165) is 17.0 Å². The molecule has 0 bridgehead atoms. The maximum Gasteiger partial charge on any atom is 0.256 e. The molecule has 0 atom stereocenters. The smallest absolute Gasteiger partial charge is 0.256 e. The van der Waals surface area contributed by atoms with Gasteiger partial charge >= 0.3 is 0 Å². The number of rotatable bonds is 5. The molecule has 0 spiro atoms. The van der Waals surface area contributed by atoms with Crippen LogP contribution in [0.3, 0.4) is 0 Å². The molecule has 0 aliphatic heterocycles. The Morgan fingerprint density at radius 3 is 2.88 bits per heavy atom. The number of nitrogens with zero attached hydrogens (tertiary/aromatic N) is 3. The molecule has 0 saturated heterocycles. The fraction of sp³-hybridized carbons (Fsp3) is 0.278. The second-order valence-corrected chi connectivity index (χ2v) is 6.28. The van der Waals surface area contributed by atoms with Crippen LogP contribution < -0.4 is 10.1 Å². The summed E-state index contributed by atoms with van der Waals surface area (Å²) in [5.74, 6) is 0.381. The van der Waals surface area contributed by atoms with Crippen molar-refractivity contribution in [2.24, 2.45) is 0 Å². The molecule has 0 aliphatic rings. The van der Waals surface area contributed by atoms with E-state index in [1.54, 1.807) is 10.6 Å². The normalized spacial score (nSPS) is 10.9. The molecule has 2 aromatic heterocycles. The summed E-state index contributed by atoms with van der Waals surface area (Å²) in [5.41, 5.74) is 3.83. The number of carbonyl (C=O) groups is 1. The Morgan fingerprint density at radius 2 is 2.08 bits per heavy atom. The second kappa shape index (κ2) is 7.11. The van der Waals surface area contributed by atoms with Crippen molar-refractivity contribution in [2.45, 2.75) is 20.8 Å². The van der Waals surface area contributed by atoms with Gasteiger partial charge in [0.05, 0.1) is 17.8 Å². The van der Waals surface area contributed by atoms with Crippen LogP contribution in [0.4, 0.5) is 0 Å². The number of aromatic nitrogens is 3. The summed E-state index contributed by atoms with van der Waals surface area (Å²) in [7, 11) is 0. The molecule has 2 heterocycles. The third-order valence-corrected chi connectivity index (χ3v) is 4.07. The van der Waals surface area contributed by atoms with E-state index < -0.39 is 0 Å². The zero-order valence-corrected chi connectivity index (χ0v) is 15.1. The van der Waals surface area contributed by atoms with Gasteiger partial charge in [-0.25, -0.2) is 9.50 Å². The monoisotopic (exact) mass is 358 g/mol. The number of amides is 1. The maximum absolute atomic E-state index is 12.4. The van der Waals surface area contributed by atoms with Gasteiger partial charge in [-0.15, -0.1) is 0 Å². The summed E-state index contributed by atoms with van der Waals surface area (Å²) in [6.45, 7) is 6.45. The van der Waals surface area contributed by atoms with Crippen LogP contribution in [0, 0.1) is 20.8 Å². The number of hydrogen-bond acceptors (Lipinski definition) is 4. The van der Waals surface area contributed by atoms with Crippen LogP contribution >= 0.6 is 11.6 Å². The van der Waals surface area contributed by atoms with Gasteiger partial charge in [0.25, 0.3) is 5.91 Å². The minimum atomic E-state index is -0.230. The van der Waals surface area contributed by atoms with Crippen molar-refractivity contribution in [3.63, 3.8) is 0 Å². The Balaban J connectivity index is 1.63. The third-order valence-electron chi connectivity index (χ3n) is 3.75. The van der Waals surface area contributed by atoms with E-state index in [0.29, 0.717) is 35.1 Å². The molecule has 0 fully saturated rings. The highest BCUT2D eigenvalue weighted by Gasteiger charge is 2.15. The van der Waals surface area contributed by atoms with Crippen LogP contribution in [-0.2, 0) is 0 Å². The Morgan fingerprint density at radius 1 is 1.28 bits per heavy atom. The summed E-state index contributed by atoms with van der Waals surface area (Å²) < 4.78 is 7.29. The van der Waals surface area contributed by atoms with Crippen molar-refractivity contribution in [2.75, 3.05) is 13.2 Å². The first-order chi connectivity index (χ1) is 12.0. The van der Waals surface area contributed by atoms with E-state index in [1.165, 1.54) is 6.20 Å². The van der Waals surface area contributed by atoms with E-state index in [-0.39, 0.29) is 5.91 Å². The third kappa shape index (κ3) is 3.74. The molecule has 0 saturated carbocycles. The fourth-order valence-electron chi connectivity index (χ4n) is 2.57. The second-order valence-electron chi connectivity index (χ2n) is 5.87. The minimum absolute atomic E-state index is 0.230. The molecular weight excluding hydrogens is 340 g/mol. The van der Waals surface area contributed by atoms with Crippen LogP contribution in [0.5, 0.6) is 5.75 Å². The highest BCUT2D eigenvalue weighted by molar-refractivity contribution is 6.32. The summed E-state index contributed by atoms with van der Waals surface area (Å²) in [6.07, 6.45) is 1.53. The van der Waals surface area contributed by atoms with E-state index in [2.05, 4.69) is 15.4 Å². The lowest BCUT2D eigenvalue weighted by Gasteiger charge is -2.09. The molecule has 3 aromatic rings. The first kappa shape index (κ1) is 17.2. The quantitative estimate of drug-likeness (QED) is 0.711. The van der Waals surface area contributed by atoms with E-state index in [9.17, 15) is 4.79 Å². The molecule has 1 aromatic carbocycles. The van der Waals surface area contributed by atoms with Crippen molar-refractivity contribution < 1.29 is 9.53 Å². The van der Waals surface area contributed by atoms with Gasteiger partial charge in [-0.1, -0.05) is 17.7 Å². The van der Waals surface area contributed by atoms with Crippen molar-refractivity contribution in [3.05, 3.63) is 58.0 Å². The van der Waals surface area contributed by atoms with Crippen molar-refractivity contribution >= 4 is 23.2 Å². The lowest BCUT2D eigenvalue weighted by Crippen LogP contribution is -2.28. The van der Waals surface area contributed by atoms with Gasteiger partial charge in [0.2, 0.25) is 0 Å². The molecule has 3 rings (SSSR count). The van der Waals surface area contributed by atoms with E-state index in [1.807, 2.05) is 39.0 Å². The molecular formula is C18H19ClN4O2. The molecule has 130 valence electrons. The summed E-state index contributed by atoms with van der Waals surface area (Å²) in [6, 6.07) is 7.49.